The Hall–Kier alpha value is -1.09. The van der Waals surface area contributed by atoms with Crippen LogP contribution in [0.4, 0.5) is 10.1 Å². The van der Waals surface area contributed by atoms with Crippen LogP contribution in [0.5, 0.6) is 0 Å². The largest absolute Gasteiger partial charge is 0.378 e. The first-order valence-corrected chi connectivity index (χ1v) is 4.24. The zero-order valence-corrected chi connectivity index (χ0v) is 8.21. The molecule has 0 bridgehead atoms. The molecule has 3 heteroatoms. The van der Waals surface area contributed by atoms with Gasteiger partial charge < -0.3 is 10.6 Å². The lowest BCUT2D eigenvalue weighted by Crippen LogP contribution is -2.11. The van der Waals surface area contributed by atoms with Crippen LogP contribution >= 0.6 is 0 Å². The fourth-order valence-electron chi connectivity index (χ4n) is 1.16. The van der Waals surface area contributed by atoms with Crippen molar-refractivity contribution in [2.45, 2.75) is 13.0 Å². The Morgan fingerprint density at radius 3 is 2.38 bits per heavy atom. The van der Waals surface area contributed by atoms with Crippen LogP contribution in [-0.2, 0) is 0 Å². The predicted octanol–water partition coefficient (Wildman–Crippen LogP) is 1.91. The summed E-state index contributed by atoms with van der Waals surface area (Å²) in [4.78, 5) is 1.86. The fraction of sp³-hybridized carbons (Fsp3) is 0.400. The molecule has 72 valence electrons. The first-order valence-electron chi connectivity index (χ1n) is 4.24. The van der Waals surface area contributed by atoms with Gasteiger partial charge in [0, 0.05) is 31.4 Å². The van der Waals surface area contributed by atoms with E-state index in [0.29, 0.717) is 5.56 Å². The molecule has 0 amide bonds. The molecule has 13 heavy (non-hydrogen) atoms. The van der Waals surface area contributed by atoms with Gasteiger partial charge in [-0.2, -0.15) is 0 Å². The molecule has 1 atom stereocenters. The fourth-order valence-corrected chi connectivity index (χ4v) is 1.16. The maximum absolute atomic E-state index is 13.4. The van der Waals surface area contributed by atoms with Crippen LogP contribution in [0.3, 0.4) is 0 Å². The van der Waals surface area contributed by atoms with Crippen molar-refractivity contribution in [1.29, 1.82) is 0 Å². The Labute approximate surface area is 78.2 Å². The van der Waals surface area contributed by atoms with Crippen molar-refractivity contribution in [1.82, 2.24) is 0 Å². The Kier molecular flexibility index (Phi) is 2.88. The van der Waals surface area contributed by atoms with Crippen molar-refractivity contribution in [3.63, 3.8) is 0 Å². The number of rotatable bonds is 2. The van der Waals surface area contributed by atoms with Crippen molar-refractivity contribution in [3.8, 4) is 0 Å². The minimum atomic E-state index is -0.254. The predicted molar refractivity (Wildman–Crippen MR) is 53.3 cm³/mol. The Balaban J connectivity index is 3.06. The second-order valence-electron chi connectivity index (χ2n) is 3.39. The van der Waals surface area contributed by atoms with Gasteiger partial charge in [0.05, 0.1) is 0 Å². The molecule has 0 radical (unpaired) electrons. The van der Waals surface area contributed by atoms with Crippen LogP contribution in [0.15, 0.2) is 18.2 Å². The van der Waals surface area contributed by atoms with Gasteiger partial charge in [-0.05, 0) is 19.1 Å². The summed E-state index contributed by atoms with van der Waals surface area (Å²) in [6.07, 6.45) is 0. The number of hydrogen-bond acceptors (Lipinski definition) is 2. The first-order chi connectivity index (χ1) is 6.02. The SMILES string of the molecule is CC(N)c1ccc(N(C)C)cc1F. The van der Waals surface area contributed by atoms with E-state index in [1.165, 1.54) is 6.07 Å². The number of anilines is 1. The van der Waals surface area contributed by atoms with Gasteiger partial charge in [-0.15, -0.1) is 0 Å². The van der Waals surface area contributed by atoms with Crippen LogP contribution < -0.4 is 10.6 Å². The standard InChI is InChI=1S/C10H15FN2/c1-7(12)9-5-4-8(13(2)3)6-10(9)11/h4-7H,12H2,1-3H3. The van der Waals surface area contributed by atoms with E-state index in [4.69, 9.17) is 5.73 Å². The van der Waals surface area contributed by atoms with Crippen molar-refractivity contribution in [3.05, 3.63) is 29.6 Å². The summed E-state index contributed by atoms with van der Waals surface area (Å²) in [6.45, 7) is 1.77. The van der Waals surface area contributed by atoms with E-state index in [1.807, 2.05) is 25.1 Å². The van der Waals surface area contributed by atoms with Crippen molar-refractivity contribution in [2.24, 2.45) is 5.73 Å². The zero-order valence-electron chi connectivity index (χ0n) is 8.21. The lowest BCUT2D eigenvalue weighted by molar-refractivity contribution is 0.593. The van der Waals surface area contributed by atoms with Crippen LogP contribution in [0.25, 0.3) is 0 Å². The minimum Gasteiger partial charge on any atom is -0.378 e. The van der Waals surface area contributed by atoms with Gasteiger partial charge in [-0.1, -0.05) is 6.07 Å². The van der Waals surface area contributed by atoms with E-state index in [1.54, 1.807) is 13.0 Å². The minimum absolute atomic E-state index is 0.235. The number of halogens is 1. The zero-order chi connectivity index (χ0) is 10.0. The van der Waals surface area contributed by atoms with Crippen LogP contribution in [0.1, 0.15) is 18.5 Å². The molecule has 2 N–H and O–H groups in total. The number of hydrogen-bond donors (Lipinski definition) is 1. The number of benzene rings is 1. The monoisotopic (exact) mass is 182 g/mol. The average molecular weight is 182 g/mol. The lowest BCUT2D eigenvalue weighted by Gasteiger charge is -2.14. The van der Waals surface area contributed by atoms with Crippen molar-refractivity contribution < 1.29 is 4.39 Å². The van der Waals surface area contributed by atoms with Gasteiger partial charge >= 0.3 is 0 Å². The summed E-state index contributed by atoms with van der Waals surface area (Å²) >= 11 is 0. The van der Waals surface area contributed by atoms with Crippen molar-refractivity contribution >= 4 is 5.69 Å². The van der Waals surface area contributed by atoms with Gasteiger partial charge in [0.1, 0.15) is 5.82 Å². The molecule has 0 aliphatic rings. The smallest absolute Gasteiger partial charge is 0.130 e. The maximum Gasteiger partial charge on any atom is 0.130 e. The summed E-state index contributed by atoms with van der Waals surface area (Å²) in [7, 11) is 3.75. The molecule has 0 heterocycles. The molecule has 1 unspecified atom stereocenters. The van der Waals surface area contributed by atoms with Gasteiger partial charge in [0.2, 0.25) is 0 Å². The third kappa shape index (κ3) is 2.18. The molecule has 1 aromatic rings. The van der Waals surface area contributed by atoms with Gasteiger partial charge in [0.15, 0.2) is 0 Å². The van der Waals surface area contributed by atoms with E-state index in [2.05, 4.69) is 0 Å². The highest BCUT2D eigenvalue weighted by molar-refractivity contribution is 5.47. The van der Waals surface area contributed by atoms with Gasteiger partial charge in [0.25, 0.3) is 0 Å². The molecule has 0 fully saturated rings. The molecule has 0 saturated carbocycles. The highest BCUT2D eigenvalue weighted by atomic mass is 19.1. The molecule has 0 spiro atoms. The Bertz CT molecular complexity index is 295. The maximum atomic E-state index is 13.4. The van der Waals surface area contributed by atoms with E-state index >= 15 is 0 Å². The van der Waals surface area contributed by atoms with Gasteiger partial charge in [-0.3, -0.25) is 0 Å². The van der Waals surface area contributed by atoms with E-state index < -0.39 is 0 Å². The van der Waals surface area contributed by atoms with Crippen LogP contribution in [0.2, 0.25) is 0 Å². The summed E-state index contributed by atoms with van der Waals surface area (Å²) in [5.74, 6) is -0.235. The van der Waals surface area contributed by atoms with Gasteiger partial charge in [-0.25, -0.2) is 4.39 Å². The lowest BCUT2D eigenvalue weighted by atomic mass is 10.1. The summed E-state index contributed by atoms with van der Waals surface area (Å²) in [5.41, 5.74) is 7.00. The average Bonchev–Trinajstić information content (AvgIpc) is 2.03. The van der Waals surface area contributed by atoms with E-state index in [9.17, 15) is 4.39 Å². The van der Waals surface area contributed by atoms with Crippen LogP contribution in [-0.4, -0.2) is 14.1 Å². The third-order valence-corrected chi connectivity index (χ3v) is 1.99. The second-order valence-corrected chi connectivity index (χ2v) is 3.39. The van der Waals surface area contributed by atoms with Crippen LogP contribution in [0, 0.1) is 5.82 Å². The topological polar surface area (TPSA) is 29.3 Å². The third-order valence-electron chi connectivity index (χ3n) is 1.99. The molecular formula is C10H15FN2. The summed E-state index contributed by atoms with van der Waals surface area (Å²) in [5, 5.41) is 0. The molecule has 0 saturated heterocycles. The Morgan fingerprint density at radius 1 is 1.38 bits per heavy atom. The highest BCUT2D eigenvalue weighted by Crippen LogP contribution is 2.20. The summed E-state index contributed by atoms with van der Waals surface area (Å²) < 4.78 is 13.4. The molecule has 1 rings (SSSR count). The molecule has 0 aromatic heterocycles. The van der Waals surface area contributed by atoms with Crippen molar-refractivity contribution in [2.75, 3.05) is 19.0 Å². The van der Waals surface area contributed by atoms with E-state index in [-0.39, 0.29) is 11.9 Å². The van der Waals surface area contributed by atoms with E-state index in [0.717, 1.165) is 5.69 Å². The normalized spacial score (nSPS) is 12.7. The summed E-state index contributed by atoms with van der Waals surface area (Å²) in [6, 6.07) is 4.84. The second kappa shape index (κ2) is 3.75. The number of nitrogens with zero attached hydrogens (tertiary/aromatic N) is 1. The first kappa shape index (κ1) is 9.99. The molecular weight excluding hydrogens is 167 g/mol. The highest BCUT2D eigenvalue weighted by Gasteiger charge is 2.07. The number of nitrogens with two attached hydrogens (primary N) is 1. The quantitative estimate of drug-likeness (QED) is 0.757. The Morgan fingerprint density at radius 2 is 2.00 bits per heavy atom. The molecule has 2 nitrogen and oxygen atoms in total. The molecule has 0 aliphatic heterocycles. The molecule has 0 aliphatic carbocycles. The molecule has 1 aromatic carbocycles.